The maximum Gasteiger partial charge on any atom is 0.335 e. The molecule has 27 heavy (non-hydrogen) atoms. The molecule has 0 unspecified atom stereocenters. The summed E-state index contributed by atoms with van der Waals surface area (Å²) >= 11 is 0. The Morgan fingerprint density at radius 3 is 1.81 bits per heavy atom. The smallest absolute Gasteiger partial charge is 0.335 e. The fraction of sp³-hybridized carbons (Fsp3) is 0.0476. The van der Waals surface area contributed by atoms with Gasteiger partial charge in [-0.15, -0.1) is 0 Å². The SMILES string of the molecule is O=C(O)c1ccc2c(c1)C(c1ccc(O)cc1)(c1ccc(O)cc1)C(=O)N2. The molecule has 1 amide bonds. The first-order chi connectivity index (χ1) is 12.9. The van der Waals surface area contributed by atoms with E-state index in [1.807, 2.05) is 0 Å². The number of phenols is 2. The lowest BCUT2D eigenvalue weighted by molar-refractivity contribution is -0.118. The van der Waals surface area contributed by atoms with Crippen LogP contribution in [0.3, 0.4) is 0 Å². The van der Waals surface area contributed by atoms with Crippen LogP contribution in [-0.2, 0) is 10.2 Å². The average Bonchev–Trinajstić information content (AvgIpc) is 2.95. The first-order valence-corrected chi connectivity index (χ1v) is 8.21. The molecule has 4 rings (SSSR count). The molecule has 1 aliphatic rings. The molecule has 6 nitrogen and oxygen atoms in total. The van der Waals surface area contributed by atoms with E-state index in [1.54, 1.807) is 30.3 Å². The Kier molecular flexibility index (Phi) is 3.63. The number of carboxylic acids is 1. The van der Waals surface area contributed by atoms with Crippen LogP contribution < -0.4 is 5.32 Å². The van der Waals surface area contributed by atoms with Crippen LogP contribution in [0.15, 0.2) is 66.7 Å². The number of nitrogens with one attached hydrogen (secondary N) is 1. The van der Waals surface area contributed by atoms with Crippen molar-refractivity contribution < 1.29 is 24.9 Å². The molecule has 0 bridgehead atoms. The summed E-state index contributed by atoms with van der Waals surface area (Å²) in [6.07, 6.45) is 0. The third-order valence-corrected chi connectivity index (χ3v) is 4.86. The summed E-state index contributed by atoms with van der Waals surface area (Å²) in [6.45, 7) is 0. The quantitative estimate of drug-likeness (QED) is 0.573. The Labute approximate surface area is 154 Å². The Bertz CT molecular complexity index is 1010. The Balaban J connectivity index is 2.07. The first-order valence-electron chi connectivity index (χ1n) is 8.21. The number of fused-ring (bicyclic) bond motifs is 1. The Hall–Kier alpha value is -3.80. The van der Waals surface area contributed by atoms with Crippen LogP contribution in [0.25, 0.3) is 0 Å². The number of hydrogen-bond donors (Lipinski definition) is 4. The molecule has 0 spiro atoms. The summed E-state index contributed by atoms with van der Waals surface area (Å²) in [5.74, 6) is -1.33. The maximum absolute atomic E-state index is 13.2. The van der Waals surface area contributed by atoms with Crippen molar-refractivity contribution in [3.63, 3.8) is 0 Å². The second-order valence-corrected chi connectivity index (χ2v) is 6.36. The monoisotopic (exact) mass is 361 g/mol. The first kappa shape index (κ1) is 16.7. The highest BCUT2D eigenvalue weighted by atomic mass is 16.4. The normalized spacial score (nSPS) is 14.4. The Morgan fingerprint density at radius 2 is 1.33 bits per heavy atom. The molecule has 6 heteroatoms. The molecule has 134 valence electrons. The molecule has 3 aromatic carbocycles. The molecule has 0 atom stereocenters. The lowest BCUT2D eigenvalue weighted by Gasteiger charge is -2.29. The molecule has 1 heterocycles. The van der Waals surface area contributed by atoms with Crippen molar-refractivity contribution in [2.75, 3.05) is 5.32 Å². The largest absolute Gasteiger partial charge is 0.508 e. The average molecular weight is 361 g/mol. The zero-order chi connectivity index (χ0) is 19.2. The molecule has 0 saturated heterocycles. The van der Waals surface area contributed by atoms with Gasteiger partial charge < -0.3 is 20.6 Å². The van der Waals surface area contributed by atoms with Crippen molar-refractivity contribution in [2.24, 2.45) is 0 Å². The summed E-state index contributed by atoms with van der Waals surface area (Å²) in [4.78, 5) is 24.7. The van der Waals surface area contributed by atoms with Crippen LogP contribution in [0.5, 0.6) is 11.5 Å². The minimum atomic E-state index is -1.30. The van der Waals surface area contributed by atoms with Crippen LogP contribution in [0.1, 0.15) is 27.0 Å². The number of aromatic hydroxyl groups is 2. The number of benzene rings is 3. The van der Waals surface area contributed by atoms with Gasteiger partial charge in [-0.3, -0.25) is 4.79 Å². The van der Waals surface area contributed by atoms with Gasteiger partial charge in [-0.25, -0.2) is 4.79 Å². The molecular weight excluding hydrogens is 346 g/mol. The van der Waals surface area contributed by atoms with Crippen molar-refractivity contribution in [1.82, 2.24) is 0 Å². The van der Waals surface area contributed by atoms with E-state index < -0.39 is 11.4 Å². The zero-order valence-electron chi connectivity index (χ0n) is 14.0. The van der Waals surface area contributed by atoms with E-state index in [0.29, 0.717) is 22.4 Å². The van der Waals surface area contributed by atoms with E-state index in [1.165, 1.54) is 36.4 Å². The number of phenolic OH excluding ortho intramolecular Hbond substituents is 2. The fourth-order valence-corrected chi connectivity index (χ4v) is 3.60. The summed E-state index contributed by atoms with van der Waals surface area (Å²) in [5.41, 5.74) is 0.930. The molecule has 0 radical (unpaired) electrons. The molecule has 4 N–H and O–H groups in total. The predicted molar refractivity (Wildman–Crippen MR) is 98.1 cm³/mol. The lowest BCUT2D eigenvalue weighted by Crippen LogP contribution is -2.37. The number of carbonyl (C=O) groups excluding carboxylic acids is 1. The van der Waals surface area contributed by atoms with Gasteiger partial charge in [-0.1, -0.05) is 24.3 Å². The van der Waals surface area contributed by atoms with Gasteiger partial charge >= 0.3 is 5.97 Å². The maximum atomic E-state index is 13.2. The second-order valence-electron chi connectivity index (χ2n) is 6.36. The number of aromatic carboxylic acids is 1. The second kappa shape index (κ2) is 5.88. The molecule has 0 aliphatic carbocycles. The van der Waals surface area contributed by atoms with Crippen molar-refractivity contribution >= 4 is 17.6 Å². The highest BCUT2D eigenvalue weighted by Gasteiger charge is 2.50. The molecule has 0 saturated carbocycles. The number of amides is 1. The molecule has 0 aromatic heterocycles. The highest BCUT2D eigenvalue weighted by molar-refractivity contribution is 6.12. The van der Waals surface area contributed by atoms with Gasteiger partial charge in [-0.05, 0) is 53.6 Å². The number of anilines is 1. The van der Waals surface area contributed by atoms with E-state index in [9.17, 15) is 24.9 Å². The van der Waals surface area contributed by atoms with E-state index >= 15 is 0 Å². The molecular formula is C21H15NO5. The van der Waals surface area contributed by atoms with E-state index in [2.05, 4.69) is 5.32 Å². The fourth-order valence-electron chi connectivity index (χ4n) is 3.60. The van der Waals surface area contributed by atoms with Crippen molar-refractivity contribution in [3.8, 4) is 11.5 Å². The molecule has 1 aliphatic heterocycles. The van der Waals surface area contributed by atoms with Crippen LogP contribution in [0, 0.1) is 0 Å². The van der Waals surface area contributed by atoms with Gasteiger partial charge in [-0.2, -0.15) is 0 Å². The highest BCUT2D eigenvalue weighted by Crippen LogP contribution is 2.48. The van der Waals surface area contributed by atoms with Crippen molar-refractivity contribution in [3.05, 3.63) is 89.0 Å². The zero-order valence-corrected chi connectivity index (χ0v) is 14.0. The van der Waals surface area contributed by atoms with Crippen molar-refractivity contribution in [1.29, 1.82) is 0 Å². The number of carboxylic acid groups (broad SMARTS) is 1. The lowest BCUT2D eigenvalue weighted by atomic mass is 9.70. The Morgan fingerprint density at radius 1 is 0.815 bits per heavy atom. The summed E-state index contributed by atoms with van der Waals surface area (Å²) < 4.78 is 0. The minimum absolute atomic E-state index is 0.0533. The third-order valence-electron chi connectivity index (χ3n) is 4.86. The van der Waals surface area contributed by atoms with Crippen LogP contribution in [-0.4, -0.2) is 27.2 Å². The van der Waals surface area contributed by atoms with Crippen LogP contribution in [0.2, 0.25) is 0 Å². The predicted octanol–water partition coefficient (Wildman–Crippen LogP) is 3.08. The van der Waals surface area contributed by atoms with Gasteiger partial charge in [0.15, 0.2) is 0 Å². The van der Waals surface area contributed by atoms with Gasteiger partial charge in [0.05, 0.1) is 5.56 Å². The van der Waals surface area contributed by atoms with Crippen LogP contribution >= 0.6 is 0 Å². The summed E-state index contributed by atoms with van der Waals surface area (Å²) in [6, 6.07) is 16.9. The van der Waals surface area contributed by atoms with Crippen LogP contribution in [0.4, 0.5) is 5.69 Å². The van der Waals surface area contributed by atoms with E-state index in [4.69, 9.17) is 0 Å². The number of carbonyl (C=O) groups is 2. The van der Waals surface area contributed by atoms with E-state index in [0.717, 1.165) is 0 Å². The topological polar surface area (TPSA) is 107 Å². The molecule has 0 fully saturated rings. The third kappa shape index (κ3) is 2.42. The van der Waals surface area contributed by atoms with Crippen molar-refractivity contribution in [2.45, 2.75) is 5.41 Å². The molecule has 3 aromatic rings. The van der Waals surface area contributed by atoms with Gasteiger partial charge in [0.25, 0.3) is 0 Å². The summed E-state index contributed by atoms with van der Waals surface area (Å²) in [7, 11) is 0. The summed E-state index contributed by atoms with van der Waals surface area (Å²) in [5, 5.41) is 31.5. The van der Waals surface area contributed by atoms with E-state index in [-0.39, 0.29) is 23.0 Å². The van der Waals surface area contributed by atoms with Gasteiger partial charge in [0, 0.05) is 11.3 Å². The standard InChI is InChI=1S/C21H15NO5/c23-15-6-2-13(3-7-15)21(14-4-8-16(24)9-5-14)17-11-12(19(25)26)1-10-18(17)22-20(21)27/h1-11,23-24H,(H,22,27)(H,25,26). The van der Waals surface area contributed by atoms with Gasteiger partial charge in [0.2, 0.25) is 5.91 Å². The number of rotatable bonds is 3. The minimum Gasteiger partial charge on any atom is -0.508 e. The number of hydrogen-bond acceptors (Lipinski definition) is 4. The van der Waals surface area contributed by atoms with Gasteiger partial charge in [0.1, 0.15) is 16.9 Å².